The molecule has 94 valence electrons. The van der Waals surface area contributed by atoms with E-state index < -0.39 is 29.7 Å². The Kier molecular flexibility index (Phi) is 4.22. The summed E-state index contributed by atoms with van der Waals surface area (Å²) in [6, 6.07) is 1.21. The highest BCUT2D eigenvalue weighted by molar-refractivity contribution is 5.67. The Morgan fingerprint density at radius 3 is 2.65 bits per heavy atom. The number of aliphatic hydroxyl groups is 1. The maximum atomic E-state index is 11.7. The van der Waals surface area contributed by atoms with Gasteiger partial charge in [-0.1, -0.05) is 0 Å². The van der Waals surface area contributed by atoms with Crippen molar-refractivity contribution < 1.29 is 15.0 Å². The third-order valence-electron chi connectivity index (χ3n) is 2.28. The number of hydrogen-bond acceptors (Lipinski definition) is 4. The van der Waals surface area contributed by atoms with Crippen molar-refractivity contribution in [2.75, 3.05) is 0 Å². The van der Waals surface area contributed by atoms with Gasteiger partial charge in [0.1, 0.15) is 0 Å². The van der Waals surface area contributed by atoms with E-state index in [1.165, 1.54) is 16.8 Å². The summed E-state index contributed by atoms with van der Waals surface area (Å²) in [6.45, 7) is 1.82. The van der Waals surface area contributed by atoms with Crippen molar-refractivity contribution in [3.8, 4) is 0 Å². The van der Waals surface area contributed by atoms with Crippen LogP contribution >= 0.6 is 0 Å². The monoisotopic (exact) mass is 242 g/mol. The predicted molar refractivity (Wildman–Crippen MR) is 58.9 cm³/mol. The molecule has 1 aromatic rings. The zero-order chi connectivity index (χ0) is 13.0. The molecule has 0 fully saturated rings. The van der Waals surface area contributed by atoms with Crippen molar-refractivity contribution in [2.24, 2.45) is 0 Å². The predicted octanol–water partition coefficient (Wildman–Crippen LogP) is -1.13. The number of nitrogens with zero attached hydrogens (tertiary/aromatic N) is 2. The van der Waals surface area contributed by atoms with Gasteiger partial charge in [0.05, 0.1) is 19.1 Å². The lowest BCUT2D eigenvalue weighted by atomic mass is 10.2. The lowest BCUT2D eigenvalue weighted by Gasteiger charge is -2.11. The van der Waals surface area contributed by atoms with Gasteiger partial charge >= 0.3 is 11.7 Å². The van der Waals surface area contributed by atoms with Gasteiger partial charge < -0.3 is 14.8 Å². The molecule has 0 aliphatic heterocycles. The van der Waals surface area contributed by atoms with E-state index in [1.807, 2.05) is 0 Å². The summed E-state index contributed by atoms with van der Waals surface area (Å²) in [4.78, 5) is 33.5. The minimum Gasteiger partial charge on any atom is -0.481 e. The lowest BCUT2D eigenvalue weighted by molar-refractivity contribution is -0.139. The fourth-order valence-corrected chi connectivity index (χ4v) is 1.44. The third-order valence-corrected chi connectivity index (χ3v) is 2.28. The largest absolute Gasteiger partial charge is 0.481 e. The van der Waals surface area contributed by atoms with E-state index in [4.69, 9.17) is 5.11 Å². The van der Waals surface area contributed by atoms with Gasteiger partial charge in [0.2, 0.25) is 0 Å². The molecule has 0 radical (unpaired) electrons. The maximum absolute atomic E-state index is 11.7. The first-order valence-corrected chi connectivity index (χ1v) is 5.15. The molecule has 0 aliphatic rings. The Balaban J connectivity index is 3.02. The van der Waals surface area contributed by atoms with Crippen LogP contribution in [-0.2, 0) is 17.9 Å². The van der Waals surface area contributed by atoms with E-state index in [0.717, 1.165) is 4.57 Å². The number of aliphatic carboxylic acids is 1. The second-order valence-corrected chi connectivity index (χ2v) is 3.58. The summed E-state index contributed by atoms with van der Waals surface area (Å²) in [5.41, 5.74) is -1.10. The van der Waals surface area contributed by atoms with Crippen molar-refractivity contribution >= 4 is 5.97 Å². The lowest BCUT2D eigenvalue weighted by Crippen LogP contribution is -2.41. The second kappa shape index (κ2) is 5.44. The normalized spacial score (nSPS) is 12.4. The van der Waals surface area contributed by atoms with E-state index in [-0.39, 0.29) is 6.54 Å². The highest BCUT2D eigenvalue weighted by atomic mass is 16.4. The minimum atomic E-state index is -1.26. The first kappa shape index (κ1) is 13.2. The summed E-state index contributed by atoms with van der Waals surface area (Å²) < 4.78 is 2.13. The number of rotatable bonds is 5. The number of carbonyl (C=O) groups is 1. The maximum Gasteiger partial charge on any atom is 0.331 e. The summed E-state index contributed by atoms with van der Waals surface area (Å²) >= 11 is 0. The number of aliphatic hydroxyl groups excluding tert-OH is 1. The molecule has 17 heavy (non-hydrogen) atoms. The molecule has 0 saturated carbocycles. The molecule has 7 heteroatoms. The van der Waals surface area contributed by atoms with E-state index in [0.29, 0.717) is 6.54 Å². The molecule has 0 spiro atoms. The highest BCUT2D eigenvalue weighted by Gasteiger charge is 2.13. The van der Waals surface area contributed by atoms with Gasteiger partial charge in [0, 0.05) is 18.8 Å². The molecule has 1 atom stereocenters. The second-order valence-electron chi connectivity index (χ2n) is 3.58. The van der Waals surface area contributed by atoms with E-state index >= 15 is 0 Å². The fourth-order valence-electron chi connectivity index (χ4n) is 1.44. The first-order chi connectivity index (χ1) is 7.95. The van der Waals surface area contributed by atoms with Crippen LogP contribution in [0, 0.1) is 0 Å². The Labute approximate surface area is 96.6 Å². The first-order valence-electron chi connectivity index (χ1n) is 5.15. The smallest absolute Gasteiger partial charge is 0.331 e. The Morgan fingerprint density at radius 2 is 2.12 bits per heavy atom. The highest BCUT2D eigenvalue weighted by Crippen LogP contribution is 1.93. The van der Waals surface area contributed by atoms with Crippen LogP contribution in [0.25, 0.3) is 0 Å². The zero-order valence-corrected chi connectivity index (χ0v) is 9.37. The fraction of sp³-hybridized carbons (Fsp3) is 0.500. The van der Waals surface area contributed by atoms with Crippen molar-refractivity contribution in [3.63, 3.8) is 0 Å². The summed E-state index contributed by atoms with van der Waals surface area (Å²) in [5, 5.41) is 17.9. The van der Waals surface area contributed by atoms with Crippen molar-refractivity contribution in [1.82, 2.24) is 9.13 Å². The van der Waals surface area contributed by atoms with Crippen LogP contribution in [0.4, 0.5) is 0 Å². The molecule has 2 N–H and O–H groups in total. The van der Waals surface area contributed by atoms with Crippen LogP contribution < -0.4 is 11.2 Å². The zero-order valence-electron chi connectivity index (χ0n) is 9.37. The molecule has 1 heterocycles. The summed E-state index contributed by atoms with van der Waals surface area (Å²) in [6.07, 6.45) is -0.400. The van der Waals surface area contributed by atoms with E-state index in [1.54, 1.807) is 6.92 Å². The number of carboxylic acids is 1. The van der Waals surface area contributed by atoms with Crippen molar-refractivity contribution in [1.29, 1.82) is 0 Å². The Hall–Kier alpha value is -1.89. The summed E-state index contributed by atoms with van der Waals surface area (Å²) in [7, 11) is 0. The molecule has 1 aromatic heterocycles. The number of hydrogen-bond donors (Lipinski definition) is 2. The third kappa shape index (κ3) is 3.28. The molecule has 7 nitrogen and oxygen atoms in total. The number of aryl methyl sites for hydroxylation is 1. The van der Waals surface area contributed by atoms with Gasteiger partial charge in [0.25, 0.3) is 5.56 Å². The van der Waals surface area contributed by atoms with Gasteiger partial charge in [-0.05, 0) is 6.92 Å². The molecule has 0 bridgehead atoms. The number of carboxylic acid groups (broad SMARTS) is 1. The van der Waals surface area contributed by atoms with Gasteiger partial charge in [-0.3, -0.25) is 14.2 Å². The molecule has 0 saturated heterocycles. The van der Waals surface area contributed by atoms with E-state index in [9.17, 15) is 19.5 Å². The Morgan fingerprint density at radius 1 is 1.47 bits per heavy atom. The van der Waals surface area contributed by atoms with Crippen LogP contribution in [0.1, 0.15) is 13.3 Å². The van der Waals surface area contributed by atoms with Crippen molar-refractivity contribution in [3.05, 3.63) is 33.1 Å². The standard InChI is InChI=1S/C10H14N2O5/c1-2-11-4-3-8(14)12(10(11)17)6-7(13)5-9(15)16/h3-4,7,13H,2,5-6H2,1H3,(H,15,16). The van der Waals surface area contributed by atoms with Gasteiger partial charge in [-0.25, -0.2) is 4.79 Å². The van der Waals surface area contributed by atoms with Gasteiger partial charge in [0.15, 0.2) is 0 Å². The number of aromatic nitrogens is 2. The Bertz CT molecular complexity index is 516. The summed E-state index contributed by atoms with van der Waals surface area (Å²) in [5.74, 6) is -1.18. The van der Waals surface area contributed by atoms with Crippen LogP contribution in [0.2, 0.25) is 0 Å². The molecule has 1 unspecified atom stereocenters. The van der Waals surface area contributed by atoms with Gasteiger partial charge in [-0.15, -0.1) is 0 Å². The average Bonchev–Trinajstić information content (AvgIpc) is 2.23. The van der Waals surface area contributed by atoms with Gasteiger partial charge in [-0.2, -0.15) is 0 Å². The topological polar surface area (TPSA) is 102 Å². The van der Waals surface area contributed by atoms with E-state index in [2.05, 4.69) is 0 Å². The molecule has 0 aromatic carbocycles. The van der Waals surface area contributed by atoms with Crippen molar-refractivity contribution in [2.45, 2.75) is 32.5 Å². The SMILES string of the molecule is CCn1ccc(=O)n(CC(O)CC(=O)O)c1=O. The molecular weight excluding hydrogens is 228 g/mol. The molecule has 0 aliphatic carbocycles. The molecule has 0 amide bonds. The van der Waals surface area contributed by atoms with Crippen LogP contribution in [0.3, 0.4) is 0 Å². The molecular formula is C10H14N2O5. The quantitative estimate of drug-likeness (QED) is 0.680. The van der Waals surface area contributed by atoms with Crippen LogP contribution in [-0.4, -0.2) is 31.4 Å². The van der Waals surface area contributed by atoms with Crippen LogP contribution in [0.5, 0.6) is 0 Å². The molecule has 1 rings (SSSR count). The van der Waals surface area contributed by atoms with Crippen LogP contribution in [0.15, 0.2) is 21.9 Å². The average molecular weight is 242 g/mol. The minimum absolute atomic E-state index is 0.315.